The Bertz CT molecular complexity index is 508. The van der Waals surface area contributed by atoms with Crippen LogP contribution in [0.5, 0.6) is 0 Å². The Labute approximate surface area is 130 Å². The second kappa shape index (κ2) is 8.53. The predicted octanol–water partition coefficient (Wildman–Crippen LogP) is 1.04. The van der Waals surface area contributed by atoms with Crippen LogP contribution < -0.4 is 10.6 Å². The number of methoxy groups -OCH3 is 2. The quantitative estimate of drug-likeness (QED) is 0.567. The fraction of sp³-hybridized carbons (Fsp3) is 0.500. The molecule has 0 unspecified atom stereocenters. The molecule has 0 radical (unpaired) electrons. The number of aryl methyl sites for hydroxylation is 1. The molecule has 0 fully saturated rings. The van der Waals surface area contributed by atoms with Crippen molar-refractivity contribution >= 4 is 29.0 Å². The predicted molar refractivity (Wildman–Crippen MR) is 85.6 cm³/mol. The lowest BCUT2D eigenvalue weighted by molar-refractivity contribution is -0.140. The Morgan fingerprint density at radius 1 is 1.38 bits per heavy atom. The second-order valence-corrected chi connectivity index (χ2v) is 4.97. The highest BCUT2D eigenvalue weighted by atomic mass is 32.1. The summed E-state index contributed by atoms with van der Waals surface area (Å²) in [5, 5.41) is 0. The van der Waals surface area contributed by atoms with E-state index in [1.54, 1.807) is 7.11 Å². The van der Waals surface area contributed by atoms with Gasteiger partial charge in [0.15, 0.2) is 0 Å². The van der Waals surface area contributed by atoms with Crippen molar-refractivity contribution in [1.82, 2.24) is 4.98 Å². The zero-order chi connectivity index (χ0) is 15.8. The molecule has 1 aromatic rings. The first-order valence-corrected chi connectivity index (χ1v) is 6.98. The van der Waals surface area contributed by atoms with Gasteiger partial charge in [0.05, 0.1) is 20.1 Å². The standard InChI is InChI=1S/C14H21N3O3S/c1-10-8-11(14(15)21)9-12(16-10)17(6-7-19-2)5-4-13(18)20-3/h8-9H,4-7H2,1-3H3,(H2,15,21). The first-order chi connectivity index (χ1) is 9.97. The number of nitrogens with zero attached hydrogens (tertiary/aromatic N) is 2. The fourth-order valence-electron chi connectivity index (χ4n) is 1.83. The van der Waals surface area contributed by atoms with Crippen LogP contribution in [0.2, 0.25) is 0 Å². The van der Waals surface area contributed by atoms with Gasteiger partial charge in [0.2, 0.25) is 0 Å². The first-order valence-electron chi connectivity index (χ1n) is 6.57. The summed E-state index contributed by atoms with van der Waals surface area (Å²) in [6, 6.07) is 3.66. The normalized spacial score (nSPS) is 10.2. The van der Waals surface area contributed by atoms with Crippen molar-refractivity contribution in [3.63, 3.8) is 0 Å². The van der Waals surface area contributed by atoms with Gasteiger partial charge < -0.3 is 20.1 Å². The number of anilines is 1. The van der Waals surface area contributed by atoms with Gasteiger partial charge in [0.25, 0.3) is 0 Å². The van der Waals surface area contributed by atoms with Crippen LogP contribution in [-0.2, 0) is 14.3 Å². The van der Waals surface area contributed by atoms with E-state index in [2.05, 4.69) is 9.72 Å². The van der Waals surface area contributed by atoms with Gasteiger partial charge in [-0.2, -0.15) is 0 Å². The average Bonchev–Trinajstić information content (AvgIpc) is 2.46. The lowest BCUT2D eigenvalue weighted by Crippen LogP contribution is -2.31. The minimum Gasteiger partial charge on any atom is -0.469 e. The van der Waals surface area contributed by atoms with Crippen LogP contribution in [0.25, 0.3) is 0 Å². The zero-order valence-corrected chi connectivity index (χ0v) is 13.4. The fourth-order valence-corrected chi connectivity index (χ4v) is 1.94. The molecule has 0 aliphatic carbocycles. The van der Waals surface area contributed by atoms with Crippen molar-refractivity contribution < 1.29 is 14.3 Å². The Hall–Kier alpha value is -1.73. The maximum absolute atomic E-state index is 11.3. The maximum atomic E-state index is 11.3. The van der Waals surface area contributed by atoms with E-state index in [9.17, 15) is 4.79 Å². The number of rotatable bonds is 8. The Kier molecular flexibility index (Phi) is 7.04. The van der Waals surface area contributed by atoms with E-state index in [0.29, 0.717) is 24.7 Å². The van der Waals surface area contributed by atoms with E-state index >= 15 is 0 Å². The molecule has 0 saturated heterocycles. The van der Waals surface area contributed by atoms with Gasteiger partial charge in [-0.25, -0.2) is 4.98 Å². The average molecular weight is 311 g/mol. The summed E-state index contributed by atoms with van der Waals surface area (Å²) >= 11 is 5.01. The minimum absolute atomic E-state index is 0.264. The molecule has 0 aliphatic rings. The molecule has 0 spiro atoms. The van der Waals surface area contributed by atoms with Gasteiger partial charge in [-0.3, -0.25) is 4.79 Å². The van der Waals surface area contributed by atoms with Crippen molar-refractivity contribution in [2.45, 2.75) is 13.3 Å². The summed E-state index contributed by atoms with van der Waals surface area (Å²) in [5.74, 6) is 0.457. The van der Waals surface area contributed by atoms with Crippen molar-refractivity contribution in [2.75, 3.05) is 38.8 Å². The Morgan fingerprint density at radius 2 is 2.10 bits per heavy atom. The molecule has 0 bridgehead atoms. The summed E-state index contributed by atoms with van der Waals surface area (Å²) in [4.78, 5) is 18.1. The maximum Gasteiger partial charge on any atom is 0.307 e. The number of ether oxygens (including phenoxy) is 2. The highest BCUT2D eigenvalue weighted by Crippen LogP contribution is 2.15. The van der Waals surface area contributed by atoms with Crippen molar-refractivity contribution in [3.8, 4) is 0 Å². The number of hydrogen-bond donors (Lipinski definition) is 1. The number of esters is 1. The van der Waals surface area contributed by atoms with Gasteiger partial charge >= 0.3 is 5.97 Å². The monoisotopic (exact) mass is 311 g/mol. The molecule has 21 heavy (non-hydrogen) atoms. The molecule has 0 aromatic carbocycles. The highest BCUT2D eigenvalue weighted by Gasteiger charge is 2.13. The molecule has 7 heteroatoms. The number of thiocarbonyl (C=S) groups is 1. The summed E-state index contributed by atoms with van der Waals surface area (Å²) in [6.07, 6.45) is 0.276. The second-order valence-electron chi connectivity index (χ2n) is 4.53. The Balaban J connectivity index is 2.95. The highest BCUT2D eigenvalue weighted by molar-refractivity contribution is 7.80. The third-order valence-electron chi connectivity index (χ3n) is 2.93. The molecule has 1 aromatic heterocycles. The van der Waals surface area contributed by atoms with E-state index < -0.39 is 0 Å². The van der Waals surface area contributed by atoms with Gasteiger partial charge in [0.1, 0.15) is 10.8 Å². The zero-order valence-electron chi connectivity index (χ0n) is 12.6. The molecular weight excluding hydrogens is 290 g/mol. The number of nitrogens with two attached hydrogens (primary N) is 1. The molecule has 116 valence electrons. The number of hydrogen-bond acceptors (Lipinski definition) is 6. The summed E-state index contributed by atoms with van der Waals surface area (Å²) in [6.45, 7) is 3.50. The number of carbonyl (C=O) groups is 1. The first kappa shape index (κ1) is 17.3. The molecule has 0 aliphatic heterocycles. The minimum atomic E-state index is -0.264. The Morgan fingerprint density at radius 3 is 2.67 bits per heavy atom. The van der Waals surface area contributed by atoms with Crippen LogP contribution in [-0.4, -0.2) is 49.9 Å². The van der Waals surface area contributed by atoms with Crippen LogP contribution in [0.4, 0.5) is 5.82 Å². The van der Waals surface area contributed by atoms with Crippen LogP contribution in [0.3, 0.4) is 0 Å². The molecular formula is C14H21N3O3S. The van der Waals surface area contributed by atoms with E-state index in [1.165, 1.54) is 7.11 Å². The van der Waals surface area contributed by atoms with Crippen LogP contribution in [0, 0.1) is 6.92 Å². The van der Waals surface area contributed by atoms with Crippen molar-refractivity contribution in [1.29, 1.82) is 0 Å². The lowest BCUT2D eigenvalue weighted by atomic mass is 10.2. The van der Waals surface area contributed by atoms with E-state index in [-0.39, 0.29) is 12.4 Å². The largest absolute Gasteiger partial charge is 0.469 e. The molecule has 6 nitrogen and oxygen atoms in total. The van der Waals surface area contributed by atoms with Crippen molar-refractivity contribution in [3.05, 3.63) is 23.4 Å². The third kappa shape index (κ3) is 5.65. The van der Waals surface area contributed by atoms with Crippen LogP contribution >= 0.6 is 12.2 Å². The third-order valence-corrected chi connectivity index (χ3v) is 3.16. The van der Waals surface area contributed by atoms with Gasteiger partial charge in [-0.15, -0.1) is 0 Å². The molecule has 1 rings (SSSR count). The molecule has 2 N–H and O–H groups in total. The van der Waals surface area contributed by atoms with E-state index in [0.717, 1.165) is 17.1 Å². The van der Waals surface area contributed by atoms with Gasteiger partial charge in [-0.05, 0) is 19.1 Å². The smallest absolute Gasteiger partial charge is 0.307 e. The van der Waals surface area contributed by atoms with Crippen molar-refractivity contribution in [2.24, 2.45) is 5.73 Å². The van der Waals surface area contributed by atoms with Gasteiger partial charge in [0, 0.05) is 31.5 Å². The number of aromatic nitrogens is 1. The summed E-state index contributed by atoms with van der Waals surface area (Å²) in [7, 11) is 3.00. The summed E-state index contributed by atoms with van der Waals surface area (Å²) in [5.41, 5.74) is 7.25. The van der Waals surface area contributed by atoms with Crippen LogP contribution in [0.1, 0.15) is 17.7 Å². The SMILES string of the molecule is COCCN(CCC(=O)OC)c1cc(C(N)=S)cc(C)n1. The number of pyridine rings is 1. The number of carbonyl (C=O) groups excluding carboxylic acids is 1. The van der Waals surface area contributed by atoms with Crippen LogP contribution in [0.15, 0.2) is 12.1 Å². The molecule has 0 atom stereocenters. The van der Waals surface area contributed by atoms with E-state index in [1.807, 2.05) is 24.0 Å². The lowest BCUT2D eigenvalue weighted by Gasteiger charge is -2.24. The molecule has 0 amide bonds. The summed E-state index contributed by atoms with van der Waals surface area (Å²) < 4.78 is 9.77. The molecule has 1 heterocycles. The van der Waals surface area contributed by atoms with Gasteiger partial charge in [-0.1, -0.05) is 12.2 Å². The topological polar surface area (TPSA) is 77.7 Å². The van der Waals surface area contributed by atoms with E-state index in [4.69, 9.17) is 22.7 Å². The molecule has 0 saturated carbocycles.